The van der Waals surface area contributed by atoms with Crippen LogP contribution in [0.5, 0.6) is 0 Å². The second-order valence-corrected chi connectivity index (χ2v) is 6.47. The second-order valence-electron chi connectivity index (χ2n) is 6.47. The highest BCUT2D eigenvalue weighted by Crippen LogP contribution is 2.30. The van der Waals surface area contributed by atoms with Crippen LogP contribution in [0.1, 0.15) is 38.0 Å². The average molecular weight is 345 g/mol. The van der Waals surface area contributed by atoms with Crippen molar-refractivity contribution < 1.29 is 23.2 Å². The van der Waals surface area contributed by atoms with Crippen molar-refractivity contribution in [2.75, 3.05) is 6.54 Å². The van der Waals surface area contributed by atoms with Gasteiger partial charge in [-0.15, -0.1) is 10.2 Å². The highest BCUT2D eigenvalue weighted by Gasteiger charge is 2.39. The van der Waals surface area contributed by atoms with Crippen LogP contribution in [0, 0.1) is 5.92 Å². The molecule has 1 atom stereocenters. The number of hydrogen-bond acceptors (Lipinski definition) is 7. The molecule has 1 aliphatic carbocycles. The molecule has 2 aromatic rings. The molecule has 1 saturated heterocycles. The number of aromatic nitrogens is 2. The minimum Gasteiger partial charge on any atom is -0.459 e. The first-order chi connectivity index (χ1) is 12.2. The van der Waals surface area contributed by atoms with E-state index in [2.05, 4.69) is 10.2 Å². The molecule has 2 aliphatic rings. The van der Waals surface area contributed by atoms with Crippen molar-refractivity contribution >= 4 is 11.9 Å². The molecular weight excluding hydrogens is 326 g/mol. The van der Waals surface area contributed by atoms with Gasteiger partial charge in [0.05, 0.1) is 12.2 Å². The van der Waals surface area contributed by atoms with Crippen LogP contribution in [0.15, 0.2) is 27.2 Å². The zero-order valence-corrected chi connectivity index (χ0v) is 13.7. The van der Waals surface area contributed by atoms with Crippen LogP contribution < -0.4 is 0 Å². The molecule has 8 heteroatoms. The predicted molar refractivity (Wildman–Crippen MR) is 83.9 cm³/mol. The quantitative estimate of drug-likeness (QED) is 0.766. The lowest BCUT2D eigenvalue weighted by Gasteiger charge is -2.23. The number of furan rings is 1. The number of nitrogens with zero attached hydrogens (tertiary/aromatic N) is 3. The third kappa shape index (κ3) is 3.29. The van der Waals surface area contributed by atoms with Crippen molar-refractivity contribution in [3.05, 3.63) is 24.3 Å². The molecule has 0 unspecified atom stereocenters. The summed E-state index contributed by atoms with van der Waals surface area (Å²) in [5, 5.41) is 7.68. The fourth-order valence-electron chi connectivity index (χ4n) is 3.52. The van der Waals surface area contributed by atoms with E-state index in [-0.39, 0.29) is 36.8 Å². The van der Waals surface area contributed by atoms with E-state index in [1.165, 1.54) is 6.26 Å². The first-order valence-corrected chi connectivity index (χ1v) is 8.53. The van der Waals surface area contributed by atoms with E-state index in [9.17, 15) is 9.59 Å². The van der Waals surface area contributed by atoms with Crippen LogP contribution in [0.3, 0.4) is 0 Å². The molecule has 4 rings (SSSR count). The second kappa shape index (κ2) is 6.70. The summed E-state index contributed by atoms with van der Waals surface area (Å²) < 4.78 is 15.8. The molecule has 1 amide bonds. The van der Waals surface area contributed by atoms with Crippen molar-refractivity contribution in [2.45, 2.75) is 44.8 Å². The summed E-state index contributed by atoms with van der Waals surface area (Å²) in [4.78, 5) is 26.3. The van der Waals surface area contributed by atoms with E-state index in [0.29, 0.717) is 12.3 Å². The number of ether oxygens (including phenoxy) is 1. The zero-order chi connectivity index (χ0) is 17.2. The maximum atomic E-state index is 12.3. The van der Waals surface area contributed by atoms with Gasteiger partial charge in [0.2, 0.25) is 5.91 Å². The molecular formula is C17H19N3O5. The largest absolute Gasteiger partial charge is 0.459 e. The fourth-order valence-corrected chi connectivity index (χ4v) is 3.52. The zero-order valence-electron chi connectivity index (χ0n) is 13.7. The van der Waals surface area contributed by atoms with Gasteiger partial charge in [-0.2, -0.15) is 0 Å². The van der Waals surface area contributed by atoms with Gasteiger partial charge in [0, 0.05) is 19.0 Å². The van der Waals surface area contributed by atoms with Crippen LogP contribution in [0.25, 0.3) is 11.7 Å². The summed E-state index contributed by atoms with van der Waals surface area (Å²) in [6.45, 7) is 0.338. The van der Waals surface area contributed by atoms with Crippen molar-refractivity contribution in [3.8, 4) is 11.7 Å². The Morgan fingerprint density at radius 1 is 1.32 bits per heavy atom. The highest BCUT2D eigenvalue weighted by atomic mass is 16.5. The van der Waals surface area contributed by atoms with Gasteiger partial charge in [0.25, 0.3) is 11.8 Å². The van der Waals surface area contributed by atoms with E-state index >= 15 is 0 Å². The third-order valence-corrected chi connectivity index (χ3v) is 4.79. The standard InChI is InChI=1S/C17H19N3O5/c21-15-8-11(9-20(15)12-4-1-2-5-12)17(22)24-10-14-18-19-16(25-14)13-6-3-7-23-13/h3,6-7,11-12H,1-2,4-5,8-10H2/t11-/m0/s1. The number of carbonyl (C=O) groups is 2. The summed E-state index contributed by atoms with van der Waals surface area (Å²) in [6.07, 6.45) is 6.09. The minimum atomic E-state index is -0.416. The van der Waals surface area contributed by atoms with Crippen molar-refractivity contribution in [1.29, 1.82) is 0 Å². The van der Waals surface area contributed by atoms with Gasteiger partial charge in [-0.25, -0.2) is 0 Å². The van der Waals surface area contributed by atoms with Crippen LogP contribution in [-0.4, -0.2) is 39.6 Å². The fraction of sp³-hybridized carbons (Fsp3) is 0.529. The van der Waals surface area contributed by atoms with Gasteiger partial charge < -0.3 is 18.5 Å². The lowest BCUT2D eigenvalue weighted by atomic mass is 10.1. The van der Waals surface area contributed by atoms with Gasteiger partial charge in [0.15, 0.2) is 12.4 Å². The molecule has 8 nitrogen and oxygen atoms in total. The van der Waals surface area contributed by atoms with E-state index in [0.717, 1.165) is 25.7 Å². The number of esters is 1. The monoisotopic (exact) mass is 345 g/mol. The van der Waals surface area contributed by atoms with E-state index < -0.39 is 11.9 Å². The number of hydrogen-bond donors (Lipinski definition) is 0. The Hall–Kier alpha value is -2.64. The van der Waals surface area contributed by atoms with Crippen LogP contribution in [-0.2, 0) is 20.9 Å². The van der Waals surface area contributed by atoms with Gasteiger partial charge >= 0.3 is 5.97 Å². The van der Waals surface area contributed by atoms with Crippen molar-refractivity contribution in [1.82, 2.24) is 15.1 Å². The van der Waals surface area contributed by atoms with Gasteiger partial charge in [-0.3, -0.25) is 9.59 Å². The lowest BCUT2D eigenvalue weighted by molar-refractivity contribution is -0.150. The molecule has 2 fully saturated rings. The third-order valence-electron chi connectivity index (χ3n) is 4.79. The van der Waals surface area contributed by atoms with Gasteiger partial charge in [0.1, 0.15) is 0 Å². The number of rotatable bonds is 5. The summed E-state index contributed by atoms with van der Waals surface area (Å²) in [6, 6.07) is 3.70. The molecule has 0 N–H and O–H groups in total. The minimum absolute atomic E-state index is 0.0479. The van der Waals surface area contributed by atoms with Crippen LogP contribution in [0.4, 0.5) is 0 Å². The molecule has 2 aromatic heterocycles. The maximum absolute atomic E-state index is 12.3. The molecule has 25 heavy (non-hydrogen) atoms. The Kier molecular flexibility index (Phi) is 4.25. The number of amides is 1. The smallest absolute Gasteiger partial charge is 0.311 e. The van der Waals surface area contributed by atoms with Crippen molar-refractivity contribution in [3.63, 3.8) is 0 Å². The van der Waals surface area contributed by atoms with E-state index in [1.54, 1.807) is 12.1 Å². The number of carbonyl (C=O) groups excluding carboxylic acids is 2. The summed E-state index contributed by atoms with van der Waals surface area (Å²) in [5.41, 5.74) is 0. The molecule has 132 valence electrons. The Morgan fingerprint density at radius 2 is 2.16 bits per heavy atom. The van der Waals surface area contributed by atoms with Crippen molar-refractivity contribution in [2.24, 2.45) is 5.92 Å². The van der Waals surface area contributed by atoms with Gasteiger partial charge in [-0.05, 0) is 25.0 Å². The Bertz CT molecular complexity index is 748. The molecule has 0 spiro atoms. The highest BCUT2D eigenvalue weighted by molar-refractivity contribution is 5.87. The summed E-state index contributed by atoms with van der Waals surface area (Å²) >= 11 is 0. The SMILES string of the molecule is O=C(OCc1nnc(-c2ccco2)o1)[C@H]1CC(=O)N(C2CCCC2)C1. The normalized spacial score (nSPS) is 21.2. The summed E-state index contributed by atoms with van der Waals surface area (Å²) in [7, 11) is 0. The average Bonchev–Trinajstić information content (AvgIpc) is 3.38. The topological polar surface area (TPSA) is 98.7 Å². The lowest BCUT2D eigenvalue weighted by Crippen LogP contribution is -2.35. The summed E-state index contributed by atoms with van der Waals surface area (Å²) in [5.74, 6) is 0.119. The van der Waals surface area contributed by atoms with Gasteiger partial charge in [-0.1, -0.05) is 12.8 Å². The molecule has 0 aromatic carbocycles. The van der Waals surface area contributed by atoms with E-state index in [1.807, 2.05) is 4.90 Å². The molecule has 3 heterocycles. The first kappa shape index (κ1) is 15.9. The molecule has 0 bridgehead atoms. The number of likely N-dealkylation sites (tertiary alicyclic amines) is 1. The Morgan fingerprint density at radius 3 is 2.92 bits per heavy atom. The maximum Gasteiger partial charge on any atom is 0.311 e. The first-order valence-electron chi connectivity index (χ1n) is 8.53. The predicted octanol–water partition coefficient (Wildman–Crippen LogP) is 2.16. The van der Waals surface area contributed by atoms with Crippen LogP contribution in [0.2, 0.25) is 0 Å². The molecule has 1 aliphatic heterocycles. The Labute approximate surface area is 144 Å². The molecule has 0 radical (unpaired) electrons. The molecule has 1 saturated carbocycles. The van der Waals surface area contributed by atoms with E-state index in [4.69, 9.17) is 13.6 Å². The Balaban J connectivity index is 1.31. The van der Waals surface area contributed by atoms with Crippen LogP contribution >= 0.6 is 0 Å².